The van der Waals surface area contributed by atoms with Crippen molar-refractivity contribution in [2.24, 2.45) is 5.41 Å². The molecule has 4 rings (SSSR count). The Morgan fingerprint density at radius 1 is 1.10 bits per heavy atom. The van der Waals surface area contributed by atoms with Gasteiger partial charge < -0.3 is 10.4 Å². The highest BCUT2D eigenvalue weighted by Gasteiger charge is 2.43. The molecule has 2 aromatic carbocycles. The monoisotopic (exact) mass is 608 g/mol. The number of halogens is 1. The molecule has 1 heterocycles. The van der Waals surface area contributed by atoms with Gasteiger partial charge in [-0.15, -0.1) is 0 Å². The van der Waals surface area contributed by atoms with Gasteiger partial charge in [0.15, 0.2) is 5.16 Å². The first-order valence-electron chi connectivity index (χ1n) is 14.3. The molecule has 2 amide bonds. The quantitative estimate of drug-likeness (QED) is 0.115. The van der Waals surface area contributed by atoms with Crippen LogP contribution in [0, 0.1) is 5.41 Å². The molecule has 0 aliphatic heterocycles. The van der Waals surface area contributed by atoms with Gasteiger partial charge >= 0.3 is 6.09 Å². The Balaban J connectivity index is 1.47. The van der Waals surface area contributed by atoms with E-state index in [9.17, 15) is 19.5 Å². The van der Waals surface area contributed by atoms with Gasteiger partial charge in [-0.05, 0) is 55.4 Å². The molecule has 1 fully saturated rings. The Kier molecular flexibility index (Phi) is 11.0. The number of carbonyl (C=O) groups is 3. The highest BCUT2D eigenvalue weighted by atomic mass is 35.5. The molecule has 42 heavy (non-hydrogen) atoms. The van der Waals surface area contributed by atoms with E-state index in [1.54, 1.807) is 13.1 Å². The third kappa shape index (κ3) is 8.10. The van der Waals surface area contributed by atoms with Crippen molar-refractivity contribution in [2.75, 3.05) is 12.3 Å². The molecule has 2 N–H and O–H groups in total. The predicted molar refractivity (Wildman–Crippen MR) is 166 cm³/mol. The van der Waals surface area contributed by atoms with E-state index in [4.69, 9.17) is 16.6 Å². The fraction of sp³-hybridized carbons (Fsp3) is 0.406. The van der Waals surface area contributed by atoms with Crippen LogP contribution in [-0.2, 0) is 9.59 Å². The van der Waals surface area contributed by atoms with E-state index in [1.807, 2.05) is 67.6 Å². The summed E-state index contributed by atoms with van der Waals surface area (Å²) >= 11 is 7.51. The van der Waals surface area contributed by atoms with E-state index in [0.29, 0.717) is 28.8 Å². The molecule has 3 aromatic rings. The number of carboxylic acid groups (broad SMARTS) is 1. The Morgan fingerprint density at radius 2 is 1.81 bits per heavy atom. The predicted octanol–water partition coefficient (Wildman–Crippen LogP) is 7.04. The minimum Gasteiger partial charge on any atom is -0.465 e. The lowest BCUT2D eigenvalue weighted by molar-refractivity contribution is -0.141. The minimum absolute atomic E-state index is 0.174. The molecule has 222 valence electrons. The summed E-state index contributed by atoms with van der Waals surface area (Å²) in [4.78, 5) is 49.5. The number of thioether (sulfide) groups is 1. The molecule has 0 spiro atoms. The number of ketones is 1. The lowest BCUT2D eigenvalue weighted by atomic mass is 9.69. The summed E-state index contributed by atoms with van der Waals surface area (Å²) in [5.41, 5.74) is 2.24. The van der Waals surface area contributed by atoms with E-state index >= 15 is 0 Å². The second kappa shape index (κ2) is 14.6. The van der Waals surface area contributed by atoms with Gasteiger partial charge in [-0.2, -0.15) is 0 Å². The molecule has 0 saturated heterocycles. The topological polar surface area (TPSA) is 112 Å². The van der Waals surface area contributed by atoms with E-state index in [2.05, 4.69) is 10.3 Å². The van der Waals surface area contributed by atoms with Crippen molar-refractivity contribution in [1.29, 1.82) is 0 Å². The zero-order valence-electron chi connectivity index (χ0n) is 24.0. The number of carbonyl (C=O) groups excluding carboxylic acids is 2. The van der Waals surface area contributed by atoms with E-state index < -0.39 is 23.8 Å². The van der Waals surface area contributed by atoms with Crippen LogP contribution >= 0.6 is 23.4 Å². The lowest BCUT2D eigenvalue weighted by Crippen LogP contribution is -2.55. The first kappa shape index (κ1) is 31.5. The lowest BCUT2D eigenvalue weighted by Gasteiger charge is -2.45. The van der Waals surface area contributed by atoms with E-state index in [0.717, 1.165) is 42.5 Å². The molecule has 0 unspecified atom stereocenters. The number of hydrogen-bond donors (Lipinski definition) is 2. The van der Waals surface area contributed by atoms with Gasteiger partial charge in [0.2, 0.25) is 5.78 Å². The standard InChI is InChI=1S/C32H37ClN4O4S/c1-3-4-11-27(28(38)29(39)35-22(2)23-9-6-5-7-10-23)37(31(40)41)20-32(17-8-18-32)21-42-30-34-19-16-26(36-30)24-12-14-25(33)15-13-24/h5-7,9-10,12-16,19,22,27H,3-4,8,11,17-18,20-21H2,1-2H3,(H,35,39)(H,40,41)/t22-,27+/m1/s1. The SMILES string of the molecule is CCCC[C@@H](C(=O)C(=O)N[C@H](C)c1ccccc1)N(CC1(CSc2nccc(-c3ccc(Cl)cc3)n2)CCC1)C(=O)O. The summed E-state index contributed by atoms with van der Waals surface area (Å²) in [7, 11) is 0. The highest BCUT2D eigenvalue weighted by Crippen LogP contribution is 2.45. The zero-order chi connectivity index (χ0) is 30.1. The second-order valence-corrected chi connectivity index (χ2v) is 12.3. The summed E-state index contributed by atoms with van der Waals surface area (Å²) in [6, 6.07) is 17.2. The first-order chi connectivity index (χ1) is 20.2. The van der Waals surface area contributed by atoms with Crippen LogP contribution in [0.1, 0.15) is 64.0 Å². The molecule has 1 aromatic heterocycles. The van der Waals surface area contributed by atoms with Crippen molar-refractivity contribution in [1.82, 2.24) is 20.2 Å². The average Bonchev–Trinajstić information content (AvgIpc) is 2.98. The number of unbranched alkanes of at least 4 members (excludes halogenated alkanes) is 1. The molecular formula is C32H37ClN4O4S. The Hall–Kier alpha value is -3.43. The molecule has 0 bridgehead atoms. The van der Waals surface area contributed by atoms with Crippen molar-refractivity contribution in [3.8, 4) is 11.3 Å². The fourth-order valence-electron chi connectivity index (χ4n) is 5.18. The van der Waals surface area contributed by atoms with Crippen LogP contribution in [0.4, 0.5) is 4.79 Å². The number of aromatic nitrogens is 2. The maximum absolute atomic E-state index is 13.5. The summed E-state index contributed by atoms with van der Waals surface area (Å²) in [6.07, 6.45) is 4.86. The normalized spacial score (nSPS) is 15.2. The van der Waals surface area contributed by atoms with Crippen LogP contribution in [0.25, 0.3) is 11.3 Å². The van der Waals surface area contributed by atoms with Crippen molar-refractivity contribution in [3.63, 3.8) is 0 Å². The van der Waals surface area contributed by atoms with Crippen LogP contribution in [0.3, 0.4) is 0 Å². The summed E-state index contributed by atoms with van der Waals surface area (Å²) in [6.45, 7) is 3.96. The largest absolute Gasteiger partial charge is 0.465 e. The zero-order valence-corrected chi connectivity index (χ0v) is 25.5. The van der Waals surface area contributed by atoms with Crippen LogP contribution in [0.15, 0.2) is 72.0 Å². The van der Waals surface area contributed by atoms with Crippen molar-refractivity contribution >= 4 is 41.1 Å². The summed E-state index contributed by atoms with van der Waals surface area (Å²) in [5, 5.41) is 14.3. The van der Waals surface area contributed by atoms with Gasteiger partial charge in [0.05, 0.1) is 11.7 Å². The molecule has 2 atom stereocenters. The van der Waals surface area contributed by atoms with Crippen molar-refractivity contribution in [3.05, 3.63) is 77.4 Å². The number of rotatable bonds is 14. The Morgan fingerprint density at radius 3 is 2.43 bits per heavy atom. The third-order valence-corrected chi connectivity index (χ3v) is 9.29. The summed E-state index contributed by atoms with van der Waals surface area (Å²) in [5.74, 6) is -0.870. The molecule has 8 nitrogen and oxygen atoms in total. The smallest absolute Gasteiger partial charge is 0.407 e. The van der Waals surface area contributed by atoms with Crippen molar-refractivity contribution < 1.29 is 19.5 Å². The molecule has 1 aliphatic carbocycles. The van der Waals surface area contributed by atoms with Gasteiger partial charge in [-0.3, -0.25) is 14.5 Å². The van der Waals surface area contributed by atoms with Crippen LogP contribution in [0.5, 0.6) is 0 Å². The number of nitrogens with zero attached hydrogens (tertiary/aromatic N) is 3. The van der Waals surface area contributed by atoms with E-state index in [1.165, 1.54) is 16.7 Å². The van der Waals surface area contributed by atoms with Gasteiger partial charge in [0.25, 0.3) is 5.91 Å². The first-order valence-corrected chi connectivity index (χ1v) is 15.7. The number of hydrogen-bond acceptors (Lipinski definition) is 6. The van der Waals surface area contributed by atoms with Gasteiger partial charge in [-0.25, -0.2) is 14.8 Å². The molecule has 1 aliphatic rings. The third-order valence-electron chi connectivity index (χ3n) is 7.83. The number of nitrogens with one attached hydrogen (secondary N) is 1. The Bertz CT molecular complexity index is 1370. The molecule has 10 heteroatoms. The van der Waals surface area contributed by atoms with Crippen molar-refractivity contribution in [2.45, 2.75) is 69.6 Å². The Labute approximate surface area is 256 Å². The molecule has 0 radical (unpaired) electrons. The number of benzene rings is 2. The number of amides is 2. The van der Waals surface area contributed by atoms with E-state index in [-0.39, 0.29) is 18.0 Å². The van der Waals surface area contributed by atoms with Gasteiger partial charge in [-0.1, -0.05) is 92.0 Å². The minimum atomic E-state index is -1.19. The van der Waals surface area contributed by atoms with Crippen LogP contribution in [-0.4, -0.2) is 56.1 Å². The van der Waals surface area contributed by atoms with Gasteiger partial charge in [0, 0.05) is 29.1 Å². The molecular weight excluding hydrogens is 572 g/mol. The maximum atomic E-state index is 13.5. The number of Topliss-reactive ketones (excluding diaryl/α,β-unsaturated/α-hetero) is 1. The molecule has 1 saturated carbocycles. The summed E-state index contributed by atoms with van der Waals surface area (Å²) < 4.78 is 0. The fourth-order valence-corrected chi connectivity index (χ4v) is 6.42. The van der Waals surface area contributed by atoms with Gasteiger partial charge in [0.1, 0.15) is 6.04 Å². The highest BCUT2D eigenvalue weighted by molar-refractivity contribution is 7.99. The second-order valence-electron chi connectivity index (χ2n) is 10.9. The van der Waals surface area contributed by atoms with Crippen LogP contribution in [0.2, 0.25) is 5.02 Å². The maximum Gasteiger partial charge on any atom is 0.407 e. The average molecular weight is 609 g/mol. The van der Waals surface area contributed by atoms with Crippen LogP contribution < -0.4 is 5.32 Å².